The number of hydrogen-bond acceptors (Lipinski definition) is 1. The Morgan fingerprint density at radius 2 is 0.938 bits per heavy atom. The summed E-state index contributed by atoms with van der Waals surface area (Å²) < 4.78 is 2.40. The van der Waals surface area contributed by atoms with Crippen molar-refractivity contribution in [3.63, 3.8) is 0 Å². The van der Waals surface area contributed by atoms with Gasteiger partial charge in [0.2, 0.25) is 0 Å². The highest BCUT2D eigenvalue weighted by atomic mass is 15.2. The molecule has 1 aromatic heterocycles. The summed E-state index contributed by atoms with van der Waals surface area (Å²) in [6.45, 7) is 2.45. The predicted octanol–water partition coefficient (Wildman–Crippen LogP) is 16.6. The van der Waals surface area contributed by atoms with Crippen LogP contribution in [-0.4, -0.2) is 4.57 Å². The average Bonchev–Trinajstić information content (AvgIpc) is 3.81. The van der Waals surface area contributed by atoms with Crippen LogP contribution < -0.4 is 4.90 Å². The molecule has 1 atom stereocenters. The minimum atomic E-state index is -0.389. The van der Waals surface area contributed by atoms with E-state index >= 15 is 0 Å². The number of fused-ring (bicyclic) bond motifs is 9. The minimum absolute atomic E-state index is 0.389. The maximum absolute atomic E-state index is 2.56. The van der Waals surface area contributed by atoms with Crippen molar-refractivity contribution in [1.29, 1.82) is 0 Å². The molecule has 64 heavy (non-hydrogen) atoms. The Kier molecular flexibility index (Phi) is 8.07. The van der Waals surface area contributed by atoms with E-state index in [1.165, 1.54) is 106 Å². The highest BCUT2D eigenvalue weighted by Gasteiger charge is 2.46. The van der Waals surface area contributed by atoms with E-state index in [9.17, 15) is 0 Å². The molecular weight excluding hydrogens is 773 g/mol. The lowest BCUT2D eigenvalue weighted by Gasteiger charge is -2.31. The van der Waals surface area contributed by atoms with Gasteiger partial charge in [-0.25, -0.2) is 0 Å². The molecule has 0 amide bonds. The number of hydrogen-bond donors (Lipinski definition) is 0. The van der Waals surface area contributed by atoms with Crippen LogP contribution in [0.15, 0.2) is 237 Å². The molecule has 2 aliphatic rings. The summed E-state index contributed by atoms with van der Waals surface area (Å²) in [6, 6.07) is 87.4. The third-order valence-corrected chi connectivity index (χ3v) is 14.0. The molecular formula is C62H42N2. The summed E-state index contributed by atoms with van der Waals surface area (Å²) in [7, 11) is 0. The number of anilines is 3. The van der Waals surface area contributed by atoms with E-state index < -0.39 is 0 Å². The molecule has 0 saturated carbocycles. The zero-order valence-electron chi connectivity index (χ0n) is 35.4. The molecule has 2 bridgehead atoms. The molecule has 0 saturated heterocycles. The quantitative estimate of drug-likeness (QED) is 0.162. The van der Waals surface area contributed by atoms with Crippen molar-refractivity contribution in [1.82, 2.24) is 4.57 Å². The van der Waals surface area contributed by atoms with Crippen molar-refractivity contribution in [3.8, 4) is 61.3 Å². The zero-order chi connectivity index (χ0) is 42.4. The van der Waals surface area contributed by atoms with E-state index in [0.717, 1.165) is 11.4 Å². The van der Waals surface area contributed by atoms with Gasteiger partial charge in [0, 0.05) is 33.1 Å². The van der Waals surface area contributed by atoms with Crippen LogP contribution >= 0.6 is 0 Å². The van der Waals surface area contributed by atoms with Gasteiger partial charge in [-0.05, 0) is 128 Å². The second-order valence-corrected chi connectivity index (χ2v) is 17.4. The highest BCUT2D eigenvalue weighted by Crippen LogP contribution is 2.62. The summed E-state index contributed by atoms with van der Waals surface area (Å²) in [5.41, 5.74) is 22.9. The van der Waals surface area contributed by atoms with Gasteiger partial charge in [0.25, 0.3) is 0 Å². The molecule has 0 spiro atoms. The Balaban J connectivity index is 1.06. The normalized spacial score (nSPS) is 14.7. The van der Waals surface area contributed by atoms with E-state index in [1.807, 2.05) is 0 Å². The van der Waals surface area contributed by atoms with Crippen molar-refractivity contribution >= 4 is 38.9 Å². The lowest BCUT2D eigenvalue weighted by atomic mass is 9.73. The molecule has 1 aliphatic heterocycles. The van der Waals surface area contributed by atoms with Gasteiger partial charge < -0.3 is 9.47 Å². The molecule has 2 nitrogen and oxygen atoms in total. The van der Waals surface area contributed by atoms with Crippen LogP contribution in [0.4, 0.5) is 17.1 Å². The number of para-hydroxylation sites is 2. The number of rotatable bonds is 6. The molecule has 10 aromatic carbocycles. The summed E-state index contributed by atoms with van der Waals surface area (Å²) in [5, 5.41) is 2.51. The van der Waals surface area contributed by atoms with Crippen LogP contribution in [-0.2, 0) is 5.41 Å². The van der Waals surface area contributed by atoms with Gasteiger partial charge in [-0.3, -0.25) is 0 Å². The molecule has 1 aliphatic carbocycles. The molecule has 11 aromatic rings. The molecule has 13 rings (SSSR count). The molecule has 300 valence electrons. The number of aromatic nitrogens is 1. The summed E-state index contributed by atoms with van der Waals surface area (Å²) in [4.78, 5) is 2.56. The second kappa shape index (κ2) is 14.2. The van der Waals surface area contributed by atoms with Crippen LogP contribution in [0.1, 0.15) is 23.6 Å². The first-order valence-electron chi connectivity index (χ1n) is 22.3. The largest absolute Gasteiger partial charge is 0.309 e. The average molecular weight is 815 g/mol. The summed E-state index contributed by atoms with van der Waals surface area (Å²) in [5.74, 6) is 0. The van der Waals surface area contributed by atoms with Crippen molar-refractivity contribution in [2.45, 2.75) is 12.3 Å². The van der Waals surface area contributed by atoms with Crippen molar-refractivity contribution in [2.75, 3.05) is 4.90 Å². The minimum Gasteiger partial charge on any atom is -0.309 e. The summed E-state index contributed by atoms with van der Waals surface area (Å²) >= 11 is 0. The van der Waals surface area contributed by atoms with E-state index in [4.69, 9.17) is 0 Å². The highest BCUT2D eigenvalue weighted by molar-refractivity contribution is 6.10. The topological polar surface area (TPSA) is 8.17 Å². The molecule has 1 unspecified atom stereocenters. The van der Waals surface area contributed by atoms with Crippen LogP contribution in [0.3, 0.4) is 0 Å². The van der Waals surface area contributed by atoms with Crippen molar-refractivity contribution in [2.24, 2.45) is 0 Å². The standard InChI is InChI=1S/C62H42N2/c1-62-45-39-54(43-20-7-3-8-21-43)60(52-27-12-11-24-48(52)42-18-5-2-6-19-42)59(40-45)64(57-31-17-28-53(61(57)62)49-25-13-15-29-55(49)62)47-35-32-41(33-36-47)44-34-37-51-50-26-14-16-30-56(50)63(58(51)38-44)46-22-9-4-10-23-46/h2-40H,1H3. The molecule has 2 heterocycles. The fourth-order valence-corrected chi connectivity index (χ4v) is 11.1. The number of nitrogens with zero attached hydrogens (tertiary/aromatic N) is 2. The Morgan fingerprint density at radius 3 is 1.70 bits per heavy atom. The van der Waals surface area contributed by atoms with Gasteiger partial charge in [0.1, 0.15) is 0 Å². The van der Waals surface area contributed by atoms with E-state index in [0.29, 0.717) is 0 Å². The predicted molar refractivity (Wildman–Crippen MR) is 268 cm³/mol. The maximum atomic E-state index is 2.56. The maximum Gasteiger partial charge on any atom is 0.0549 e. The Labute approximate surface area is 373 Å². The molecule has 0 fully saturated rings. The zero-order valence-corrected chi connectivity index (χ0v) is 35.4. The first kappa shape index (κ1) is 36.5. The van der Waals surface area contributed by atoms with E-state index in [2.05, 4.69) is 253 Å². The fourth-order valence-electron chi connectivity index (χ4n) is 11.1. The smallest absolute Gasteiger partial charge is 0.0549 e. The van der Waals surface area contributed by atoms with Crippen LogP contribution in [0.2, 0.25) is 0 Å². The van der Waals surface area contributed by atoms with Crippen molar-refractivity contribution < 1.29 is 0 Å². The Morgan fingerprint density at radius 1 is 0.344 bits per heavy atom. The van der Waals surface area contributed by atoms with Gasteiger partial charge in [-0.2, -0.15) is 0 Å². The third kappa shape index (κ3) is 5.33. The fraction of sp³-hybridized carbons (Fsp3) is 0.0323. The Bertz CT molecular complexity index is 3600. The van der Waals surface area contributed by atoms with E-state index in [-0.39, 0.29) is 5.41 Å². The van der Waals surface area contributed by atoms with Crippen LogP contribution in [0.5, 0.6) is 0 Å². The SMILES string of the molecule is CC12c3cc(-c4ccccc4)c(-c4ccccc4-c4ccccc4)c(c3)N(c3ccc(-c4ccc5c6ccccc6n(-c6ccccc6)c5c4)cc3)c3cccc(c31)-c1ccccc12. The monoisotopic (exact) mass is 814 g/mol. The molecule has 2 heteroatoms. The van der Waals surface area contributed by atoms with Gasteiger partial charge >= 0.3 is 0 Å². The summed E-state index contributed by atoms with van der Waals surface area (Å²) in [6.07, 6.45) is 0. The van der Waals surface area contributed by atoms with Gasteiger partial charge in [-0.1, -0.05) is 182 Å². The molecule has 0 radical (unpaired) electrons. The second-order valence-electron chi connectivity index (χ2n) is 17.4. The number of benzene rings is 10. The lowest BCUT2D eigenvalue weighted by Crippen LogP contribution is -2.22. The Hall–Kier alpha value is -8.20. The first-order valence-corrected chi connectivity index (χ1v) is 22.3. The third-order valence-electron chi connectivity index (χ3n) is 14.0. The van der Waals surface area contributed by atoms with E-state index in [1.54, 1.807) is 0 Å². The molecule has 0 N–H and O–H groups in total. The van der Waals surface area contributed by atoms with Crippen LogP contribution in [0, 0.1) is 0 Å². The first-order chi connectivity index (χ1) is 31.6. The van der Waals surface area contributed by atoms with Crippen molar-refractivity contribution in [3.05, 3.63) is 253 Å². The van der Waals surface area contributed by atoms with Gasteiger partial charge in [0.15, 0.2) is 0 Å². The van der Waals surface area contributed by atoms with Crippen LogP contribution in [0.25, 0.3) is 83.1 Å². The lowest BCUT2D eigenvalue weighted by molar-refractivity contribution is 0.719. The van der Waals surface area contributed by atoms with Gasteiger partial charge in [-0.15, -0.1) is 0 Å². The van der Waals surface area contributed by atoms with Gasteiger partial charge in [0.05, 0.1) is 22.4 Å².